The van der Waals surface area contributed by atoms with Gasteiger partial charge in [-0.2, -0.15) is 0 Å². The number of halogens is 1. The molecular weight excluding hydrogens is 441 g/mol. The lowest BCUT2D eigenvalue weighted by molar-refractivity contribution is 0.410. The predicted octanol–water partition coefficient (Wildman–Crippen LogP) is 3.54. The zero-order chi connectivity index (χ0) is 18.2. The van der Waals surface area contributed by atoms with Gasteiger partial charge in [-0.25, -0.2) is 0 Å². The van der Waals surface area contributed by atoms with Gasteiger partial charge in [-0.1, -0.05) is 29.3 Å². The molecule has 0 spiro atoms. The molecule has 0 radical (unpaired) electrons. The van der Waals surface area contributed by atoms with Gasteiger partial charge in [0.05, 0.1) is 7.11 Å². The number of hydrogen-bond acceptors (Lipinski definition) is 3. The molecular formula is C20H28IN3O2. The van der Waals surface area contributed by atoms with Gasteiger partial charge in [-0.15, -0.1) is 24.0 Å². The molecule has 0 unspecified atom stereocenters. The topological polar surface area (TPSA) is 65.9 Å². The van der Waals surface area contributed by atoms with E-state index in [0.717, 1.165) is 18.5 Å². The van der Waals surface area contributed by atoms with Gasteiger partial charge < -0.3 is 20.5 Å². The Morgan fingerprint density at radius 2 is 1.77 bits per heavy atom. The second kappa shape index (κ2) is 10.9. The van der Waals surface area contributed by atoms with E-state index in [1.54, 1.807) is 26.3 Å². The first-order chi connectivity index (χ1) is 12.0. The van der Waals surface area contributed by atoms with Crippen LogP contribution in [0.2, 0.25) is 0 Å². The molecule has 3 N–H and O–H groups in total. The molecule has 2 aromatic carbocycles. The van der Waals surface area contributed by atoms with Crippen LogP contribution in [0.4, 0.5) is 0 Å². The van der Waals surface area contributed by atoms with Crippen molar-refractivity contribution < 1.29 is 9.84 Å². The fourth-order valence-corrected chi connectivity index (χ4v) is 2.77. The number of benzene rings is 2. The fraction of sp³-hybridized carbons (Fsp3) is 0.350. The summed E-state index contributed by atoms with van der Waals surface area (Å²) in [5.74, 6) is 1.65. The molecule has 142 valence electrons. The van der Waals surface area contributed by atoms with Crippen LogP contribution >= 0.6 is 24.0 Å². The number of phenolic OH excluding ortho intramolecular Hbond substituents is 1. The van der Waals surface area contributed by atoms with Gasteiger partial charge in [0.25, 0.3) is 0 Å². The summed E-state index contributed by atoms with van der Waals surface area (Å²) < 4.78 is 5.19. The molecule has 2 rings (SSSR count). The van der Waals surface area contributed by atoms with Gasteiger partial charge in [-0.05, 0) is 44.0 Å². The molecule has 0 aliphatic heterocycles. The lowest BCUT2D eigenvalue weighted by Gasteiger charge is -2.13. The second-order valence-corrected chi connectivity index (χ2v) is 6.09. The third-order valence-corrected chi connectivity index (χ3v) is 3.94. The Morgan fingerprint density at radius 1 is 1.08 bits per heavy atom. The number of guanidine groups is 1. The molecule has 0 aliphatic rings. The van der Waals surface area contributed by atoms with Gasteiger partial charge in [-0.3, -0.25) is 4.99 Å². The number of nitrogens with zero attached hydrogens (tertiary/aromatic N) is 1. The molecule has 0 saturated heterocycles. The summed E-state index contributed by atoms with van der Waals surface area (Å²) in [4.78, 5) is 4.22. The van der Waals surface area contributed by atoms with Crippen molar-refractivity contribution in [1.82, 2.24) is 10.6 Å². The number of hydrogen-bond donors (Lipinski definition) is 3. The van der Waals surface area contributed by atoms with Crippen molar-refractivity contribution in [2.45, 2.75) is 26.8 Å². The van der Waals surface area contributed by atoms with Crippen LogP contribution in [0.5, 0.6) is 11.5 Å². The quantitative estimate of drug-likeness (QED) is 0.344. The van der Waals surface area contributed by atoms with E-state index in [-0.39, 0.29) is 29.7 Å². The Bertz CT molecular complexity index is 728. The van der Waals surface area contributed by atoms with Crippen LogP contribution in [0.3, 0.4) is 0 Å². The number of phenols is 1. The lowest BCUT2D eigenvalue weighted by atomic mass is 10.1. The highest BCUT2D eigenvalue weighted by molar-refractivity contribution is 14.0. The van der Waals surface area contributed by atoms with E-state index in [9.17, 15) is 5.11 Å². The van der Waals surface area contributed by atoms with E-state index in [1.807, 2.05) is 6.07 Å². The van der Waals surface area contributed by atoms with E-state index in [4.69, 9.17) is 4.74 Å². The third kappa shape index (κ3) is 6.74. The Balaban J connectivity index is 0.00000338. The largest absolute Gasteiger partial charge is 0.508 e. The first kappa shape index (κ1) is 22.1. The molecule has 26 heavy (non-hydrogen) atoms. The van der Waals surface area contributed by atoms with Crippen LogP contribution in [0, 0.1) is 13.8 Å². The Kier molecular flexibility index (Phi) is 9.26. The normalized spacial score (nSPS) is 10.8. The van der Waals surface area contributed by atoms with Crippen molar-refractivity contribution in [1.29, 1.82) is 0 Å². The summed E-state index contributed by atoms with van der Waals surface area (Å²) in [7, 11) is 3.34. The molecule has 0 atom stereocenters. The number of aromatic hydroxyl groups is 1. The van der Waals surface area contributed by atoms with Crippen molar-refractivity contribution >= 4 is 29.9 Å². The van der Waals surface area contributed by atoms with Crippen LogP contribution in [-0.2, 0) is 13.0 Å². The summed E-state index contributed by atoms with van der Waals surface area (Å²) in [6, 6.07) is 11.8. The molecule has 0 heterocycles. The second-order valence-electron chi connectivity index (χ2n) is 6.09. The van der Waals surface area contributed by atoms with Gasteiger partial charge in [0.2, 0.25) is 0 Å². The maximum atomic E-state index is 9.94. The van der Waals surface area contributed by atoms with E-state index >= 15 is 0 Å². The first-order valence-electron chi connectivity index (χ1n) is 8.39. The number of aliphatic imine (C=N–C) groups is 1. The molecule has 2 aromatic rings. The number of ether oxygens (including phenoxy) is 1. The van der Waals surface area contributed by atoms with Gasteiger partial charge >= 0.3 is 0 Å². The Labute approximate surface area is 172 Å². The average Bonchev–Trinajstić information content (AvgIpc) is 2.58. The Morgan fingerprint density at radius 3 is 2.38 bits per heavy atom. The lowest BCUT2D eigenvalue weighted by Crippen LogP contribution is -2.37. The van der Waals surface area contributed by atoms with E-state index < -0.39 is 0 Å². The highest BCUT2D eigenvalue weighted by Crippen LogP contribution is 2.22. The van der Waals surface area contributed by atoms with Crippen molar-refractivity contribution in [3.63, 3.8) is 0 Å². The summed E-state index contributed by atoms with van der Waals surface area (Å²) in [5.41, 5.74) is 4.64. The van der Waals surface area contributed by atoms with Crippen molar-refractivity contribution in [3.8, 4) is 11.5 Å². The SMILES string of the molecule is CN=C(NCCc1cc(C)cc(C)c1)NCc1cc(OC)ccc1O.I. The zero-order valence-corrected chi connectivity index (χ0v) is 18.1. The van der Waals surface area contributed by atoms with E-state index in [2.05, 4.69) is 47.7 Å². The van der Waals surface area contributed by atoms with Crippen LogP contribution < -0.4 is 15.4 Å². The average molecular weight is 469 g/mol. The van der Waals surface area contributed by atoms with E-state index in [1.165, 1.54) is 16.7 Å². The van der Waals surface area contributed by atoms with Crippen LogP contribution in [-0.4, -0.2) is 31.8 Å². The highest BCUT2D eigenvalue weighted by Gasteiger charge is 2.05. The summed E-state index contributed by atoms with van der Waals surface area (Å²) in [6.45, 7) is 5.48. The minimum Gasteiger partial charge on any atom is -0.508 e. The standard InChI is InChI=1S/C20H27N3O2.HI/c1-14-9-15(2)11-16(10-14)7-8-22-20(21-3)23-13-17-12-18(25-4)5-6-19(17)24;/h5-6,9-12,24H,7-8,13H2,1-4H3,(H2,21,22,23);1H. The Hall–Kier alpha value is -1.96. The van der Waals surface area contributed by atoms with Crippen molar-refractivity contribution in [3.05, 3.63) is 58.7 Å². The molecule has 0 fully saturated rings. The molecule has 0 saturated carbocycles. The maximum absolute atomic E-state index is 9.94. The smallest absolute Gasteiger partial charge is 0.191 e. The first-order valence-corrected chi connectivity index (χ1v) is 8.39. The fourth-order valence-electron chi connectivity index (χ4n) is 2.77. The van der Waals surface area contributed by atoms with Gasteiger partial charge in [0.1, 0.15) is 11.5 Å². The minimum absolute atomic E-state index is 0. The van der Waals surface area contributed by atoms with E-state index in [0.29, 0.717) is 18.3 Å². The van der Waals surface area contributed by atoms with Crippen molar-refractivity contribution in [2.75, 3.05) is 20.7 Å². The monoisotopic (exact) mass is 469 g/mol. The summed E-state index contributed by atoms with van der Waals surface area (Å²) in [5, 5.41) is 16.4. The van der Waals surface area contributed by atoms with Crippen LogP contribution in [0.1, 0.15) is 22.3 Å². The van der Waals surface area contributed by atoms with Crippen molar-refractivity contribution in [2.24, 2.45) is 4.99 Å². The molecule has 0 amide bonds. The molecule has 0 aromatic heterocycles. The predicted molar refractivity (Wildman–Crippen MR) is 118 cm³/mol. The van der Waals surface area contributed by atoms with Gasteiger partial charge in [0, 0.05) is 25.7 Å². The summed E-state index contributed by atoms with van der Waals surface area (Å²) >= 11 is 0. The highest BCUT2D eigenvalue weighted by atomic mass is 127. The number of rotatable bonds is 6. The zero-order valence-electron chi connectivity index (χ0n) is 15.8. The number of nitrogens with one attached hydrogen (secondary N) is 2. The maximum Gasteiger partial charge on any atom is 0.191 e. The number of methoxy groups -OCH3 is 1. The third-order valence-electron chi connectivity index (χ3n) is 3.94. The summed E-state index contributed by atoms with van der Waals surface area (Å²) in [6.07, 6.45) is 0.924. The molecule has 6 heteroatoms. The molecule has 0 aliphatic carbocycles. The molecule has 0 bridgehead atoms. The van der Waals surface area contributed by atoms with Crippen LogP contribution in [0.25, 0.3) is 0 Å². The minimum atomic E-state index is 0. The van der Waals surface area contributed by atoms with Crippen LogP contribution in [0.15, 0.2) is 41.4 Å². The van der Waals surface area contributed by atoms with Gasteiger partial charge in [0.15, 0.2) is 5.96 Å². The molecule has 5 nitrogen and oxygen atoms in total. The number of aryl methyl sites for hydroxylation is 2.